The molecular formula is C14H17ClN4S. The van der Waals surface area contributed by atoms with Crippen molar-refractivity contribution in [1.29, 1.82) is 0 Å². The van der Waals surface area contributed by atoms with Crippen molar-refractivity contribution in [2.75, 3.05) is 11.1 Å². The van der Waals surface area contributed by atoms with E-state index in [-0.39, 0.29) is 0 Å². The number of hydrogen-bond acceptors (Lipinski definition) is 5. The van der Waals surface area contributed by atoms with Gasteiger partial charge in [0.15, 0.2) is 5.82 Å². The zero-order valence-electron chi connectivity index (χ0n) is 11.4. The molecule has 0 fully saturated rings. The first-order valence-corrected chi connectivity index (χ1v) is 7.60. The van der Waals surface area contributed by atoms with Crippen LogP contribution in [0.1, 0.15) is 20.3 Å². The number of hydrogen-bond donors (Lipinski definition) is 2. The highest BCUT2D eigenvalue weighted by molar-refractivity contribution is 7.99. The quantitative estimate of drug-likeness (QED) is 0.815. The van der Waals surface area contributed by atoms with Gasteiger partial charge in [0.25, 0.3) is 0 Å². The monoisotopic (exact) mass is 308 g/mol. The van der Waals surface area contributed by atoms with Crippen molar-refractivity contribution in [3.63, 3.8) is 0 Å². The molecule has 6 heteroatoms. The number of nitrogen functional groups attached to an aromatic ring is 1. The van der Waals surface area contributed by atoms with Crippen molar-refractivity contribution in [1.82, 2.24) is 9.97 Å². The lowest BCUT2D eigenvalue weighted by Gasteiger charge is -2.15. The molecule has 0 saturated carbocycles. The third kappa shape index (κ3) is 3.77. The second-order valence-electron chi connectivity index (χ2n) is 4.45. The van der Waals surface area contributed by atoms with E-state index >= 15 is 0 Å². The Morgan fingerprint density at radius 1 is 1.30 bits per heavy atom. The van der Waals surface area contributed by atoms with Crippen LogP contribution in [0.15, 0.2) is 40.5 Å². The molecule has 20 heavy (non-hydrogen) atoms. The van der Waals surface area contributed by atoms with Gasteiger partial charge in [-0.3, -0.25) is 0 Å². The molecule has 1 aromatic heterocycles. The first-order valence-electron chi connectivity index (χ1n) is 6.40. The molecule has 1 heterocycles. The van der Waals surface area contributed by atoms with Gasteiger partial charge in [0.2, 0.25) is 0 Å². The summed E-state index contributed by atoms with van der Waals surface area (Å²) in [4.78, 5) is 9.48. The Morgan fingerprint density at radius 2 is 2.00 bits per heavy atom. The molecule has 1 atom stereocenters. The molecule has 0 bridgehead atoms. The van der Waals surface area contributed by atoms with E-state index in [0.717, 1.165) is 16.3 Å². The molecule has 106 valence electrons. The predicted molar refractivity (Wildman–Crippen MR) is 85.4 cm³/mol. The predicted octanol–water partition coefficient (Wildman–Crippen LogP) is 4.07. The summed E-state index contributed by atoms with van der Waals surface area (Å²) in [5.74, 6) is 0.686. The third-order valence-corrected chi connectivity index (χ3v) is 4.15. The highest BCUT2D eigenvalue weighted by Gasteiger charge is 2.11. The van der Waals surface area contributed by atoms with E-state index in [4.69, 9.17) is 17.3 Å². The summed E-state index contributed by atoms with van der Waals surface area (Å²) in [7, 11) is 0. The minimum Gasteiger partial charge on any atom is -0.394 e. The lowest BCUT2D eigenvalue weighted by Crippen LogP contribution is -2.16. The molecule has 0 amide bonds. The van der Waals surface area contributed by atoms with Crippen LogP contribution < -0.4 is 11.1 Å². The smallest absolute Gasteiger partial charge is 0.154 e. The second kappa shape index (κ2) is 6.81. The number of benzene rings is 1. The van der Waals surface area contributed by atoms with Crippen LogP contribution in [0, 0.1) is 0 Å². The molecule has 0 aliphatic carbocycles. The zero-order valence-corrected chi connectivity index (χ0v) is 13.0. The number of rotatable bonds is 5. The van der Waals surface area contributed by atoms with Gasteiger partial charge in [-0.25, -0.2) is 9.97 Å². The summed E-state index contributed by atoms with van der Waals surface area (Å²) in [6, 6.07) is 7.90. The molecule has 0 aliphatic rings. The number of nitrogens with one attached hydrogen (secondary N) is 1. The minimum absolute atomic E-state index is 0.320. The third-order valence-electron chi connectivity index (χ3n) is 2.87. The van der Waals surface area contributed by atoms with Crippen LogP contribution in [-0.4, -0.2) is 16.0 Å². The van der Waals surface area contributed by atoms with Gasteiger partial charge in [0, 0.05) is 16.0 Å². The summed E-state index contributed by atoms with van der Waals surface area (Å²) in [5, 5.41) is 4.74. The van der Waals surface area contributed by atoms with Gasteiger partial charge in [-0.05, 0) is 37.6 Å². The summed E-state index contributed by atoms with van der Waals surface area (Å²) in [6.07, 6.45) is 2.53. The number of anilines is 2. The van der Waals surface area contributed by atoms with Gasteiger partial charge in [0.1, 0.15) is 17.0 Å². The van der Waals surface area contributed by atoms with Crippen LogP contribution in [-0.2, 0) is 0 Å². The van der Waals surface area contributed by atoms with Crippen molar-refractivity contribution in [2.24, 2.45) is 0 Å². The molecule has 0 radical (unpaired) electrons. The molecule has 0 spiro atoms. The van der Waals surface area contributed by atoms with Gasteiger partial charge in [-0.1, -0.05) is 30.3 Å². The van der Waals surface area contributed by atoms with E-state index in [0.29, 0.717) is 22.6 Å². The van der Waals surface area contributed by atoms with Crippen molar-refractivity contribution < 1.29 is 0 Å². The topological polar surface area (TPSA) is 63.8 Å². The fraction of sp³-hybridized carbons (Fsp3) is 0.286. The number of nitrogens with two attached hydrogens (primary N) is 1. The summed E-state index contributed by atoms with van der Waals surface area (Å²) < 4.78 is 0. The molecular weight excluding hydrogens is 292 g/mol. The van der Waals surface area contributed by atoms with Crippen LogP contribution in [0.25, 0.3) is 0 Å². The average Bonchev–Trinajstić information content (AvgIpc) is 2.45. The van der Waals surface area contributed by atoms with Crippen LogP contribution >= 0.6 is 23.4 Å². The van der Waals surface area contributed by atoms with E-state index in [9.17, 15) is 0 Å². The van der Waals surface area contributed by atoms with E-state index in [1.807, 2.05) is 24.3 Å². The second-order valence-corrected chi connectivity index (χ2v) is 5.95. The van der Waals surface area contributed by atoms with Crippen molar-refractivity contribution >= 4 is 34.9 Å². The van der Waals surface area contributed by atoms with Crippen molar-refractivity contribution in [2.45, 2.75) is 36.2 Å². The Morgan fingerprint density at radius 3 is 2.65 bits per heavy atom. The Labute approximate surface area is 128 Å². The highest BCUT2D eigenvalue weighted by atomic mass is 35.5. The minimum atomic E-state index is 0.320. The van der Waals surface area contributed by atoms with Crippen LogP contribution in [0.5, 0.6) is 0 Å². The van der Waals surface area contributed by atoms with E-state index in [2.05, 4.69) is 29.1 Å². The largest absolute Gasteiger partial charge is 0.394 e. The van der Waals surface area contributed by atoms with E-state index in [1.54, 1.807) is 0 Å². The Bertz CT molecular complexity index is 574. The molecule has 2 aromatic rings. The summed E-state index contributed by atoms with van der Waals surface area (Å²) in [5.41, 5.74) is 6.71. The van der Waals surface area contributed by atoms with Gasteiger partial charge in [0.05, 0.1) is 0 Å². The molecule has 0 aliphatic heterocycles. The zero-order chi connectivity index (χ0) is 14.5. The highest BCUT2D eigenvalue weighted by Crippen LogP contribution is 2.33. The molecule has 2 rings (SSSR count). The lowest BCUT2D eigenvalue weighted by atomic mass is 10.2. The molecule has 1 aromatic carbocycles. The first-order chi connectivity index (χ1) is 9.60. The standard InChI is InChI=1S/C14H17ClN4S/c1-3-9(2)19-13-12(16)14(18-8-17-13)20-11-6-4-10(15)5-7-11/h4-9H,3,16H2,1-2H3,(H,17,18,19). The van der Waals surface area contributed by atoms with Gasteiger partial charge in [-0.15, -0.1) is 0 Å². The Balaban J connectivity index is 2.20. The fourth-order valence-electron chi connectivity index (χ4n) is 1.53. The van der Waals surface area contributed by atoms with Gasteiger partial charge < -0.3 is 11.1 Å². The Kier molecular flexibility index (Phi) is 5.09. The van der Waals surface area contributed by atoms with Crippen molar-refractivity contribution in [3.05, 3.63) is 35.6 Å². The maximum atomic E-state index is 6.13. The molecule has 4 nitrogen and oxygen atoms in total. The van der Waals surface area contributed by atoms with Crippen LogP contribution in [0.4, 0.5) is 11.5 Å². The molecule has 0 saturated heterocycles. The SMILES string of the molecule is CCC(C)Nc1ncnc(Sc2ccc(Cl)cc2)c1N. The van der Waals surface area contributed by atoms with Gasteiger partial charge >= 0.3 is 0 Å². The molecule has 1 unspecified atom stereocenters. The fourth-order valence-corrected chi connectivity index (χ4v) is 2.45. The maximum Gasteiger partial charge on any atom is 0.154 e. The van der Waals surface area contributed by atoms with Gasteiger partial charge in [-0.2, -0.15) is 0 Å². The normalized spacial score (nSPS) is 12.2. The summed E-state index contributed by atoms with van der Waals surface area (Å²) >= 11 is 7.37. The van der Waals surface area contributed by atoms with Crippen LogP contribution in [0.3, 0.4) is 0 Å². The van der Waals surface area contributed by atoms with E-state index < -0.39 is 0 Å². The van der Waals surface area contributed by atoms with Crippen LogP contribution in [0.2, 0.25) is 5.02 Å². The lowest BCUT2D eigenvalue weighted by molar-refractivity contribution is 0.757. The first kappa shape index (κ1) is 14.9. The molecule has 3 N–H and O–H groups in total. The number of halogens is 1. The number of nitrogens with zero attached hydrogens (tertiary/aromatic N) is 2. The van der Waals surface area contributed by atoms with E-state index in [1.165, 1.54) is 18.1 Å². The van der Waals surface area contributed by atoms with Crippen molar-refractivity contribution in [3.8, 4) is 0 Å². The Hall–Kier alpha value is -1.46. The summed E-state index contributed by atoms with van der Waals surface area (Å²) in [6.45, 7) is 4.20. The average molecular weight is 309 g/mol. The number of aromatic nitrogens is 2. The maximum absolute atomic E-state index is 6.13.